The summed E-state index contributed by atoms with van der Waals surface area (Å²) in [7, 11) is 0. The molecule has 1 aromatic heterocycles. The summed E-state index contributed by atoms with van der Waals surface area (Å²) in [6.07, 6.45) is 4.10. The second-order valence-electron chi connectivity index (χ2n) is 5.32. The molecule has 2 rings (SSSR count). The van der Waals surface area contributed by atoms with Gasteiger partial charge in [-0.15, -0.1) is 10.2 Å². The molecule has 6 heteroatoms. The Morgan fingerprint density at radius 1 is 1.21 bits per heavy atom. The van der Waals surface area contributed by atoms with Gasteiger partial charge in [-0.3, -0.25) is 0 Å². The van der Waals surface area contributed by atoms with Gasteiger partial charge in [0.05, 0.1) is 6.54 Å². The molecule has 2 N–H and O–H groups in total. The van der Waals surface area contributed by atoms with Gasteiger partial charge in [0.25, 0.3) is 0 Å². The third-order valence-corrected chi connectivity index (χ3v) is 4.44. The molecule has 2 heterocycles. The van der Waals surface area contributed by atoms with Crippen molar-refractivity contribution in [1.82, 2.24) is 19.7 Å². The van der Waals surface area contributed by atoms with Crippen LogP contribution < -0.4 is 5.73 Å². The molecule has 0 aliphatic carbocycles. The number of nitrogens with zero attached hydrogens (tertiary/aromatic N) is 4. The van der Waals surface area contributed by atoms with Crippen molar-refractivity contribution in [2.24, 2.45) is 5.73 Å². The van der Waals surface area contributed by atoms with Crippen LogP contribution in [0.25, 0.3) is 0 Å². The Labute approximate surface area is 119 Å². The highest BCUT2D eigenvalue weighted by Crippen LogP contribution is 2.21. The average molecular weight is 283 g/mol. The Balaban J connectivity index is 1.86. The average Bonchev–Trinajstić information content (AvgIpc) is 2.83. The van der Waals surface area contributed by atoms with Crippen molar-refractivity contribution in [3.8, 4) is 0 Å². The van der Waals surface area contributed by atoms with E-state index in [0.29, 0.717) is 12.6 Å². The van der Waals surface area contributed by atoms with E-state index in [0.717, 1.165) is 23.3 Å². The van der Waals surface area contributed by atoms with E-state index in [1.54, 1.807) is 11.8 Å². The lowest BCUT2D eigenvalue weighted by atomic mass is 10.1. The maximum Gasteiger partial charge on any atom is 0.191 e. The Bertz CT molecular complexity index is 384. The van der Waals surface area contributed by atoms with Crippen molar-refractivity contribution in [3.05, 3.63) is 5.82 Å². The number of thioether (sulfide) groups is 1. The van der Waals surface area contributed by atoms with Gasteiger partial charge in [0, 0.05) is 18.3 Å². The van der Waals surface area contributed by atoms with Gasteiger partial charge in [-0.1, -0.05) is 18.2 Å². The summed E-state index contributed by atoms with van der Waals surface area (Å²) in [5, 5.41) is 9.45. The molecule has 1 saturated heterocycles. The topological polar surface area (TPSA) is 60.0 Å². The lowest BCUT2D eigenvalue weighted by Crippen LogP contribution is -2.31. The number of piperidine rings is 1. The first-order chi connectivity index (χ1) is 9.22. The number of likely N-dealkylation sites (tertiary alicyclic amines) is 1. The number of aromatic nitrogens is 3. The number of rotatable bonds is 6. The fraction of sp³-hybridized carbons (Fsp3) is 0.846. The van der Waals surface area contributed by atoms with Crippen LogP contribution >= 0.6 is 11.8 Å². The molecule has 0 spiro atoms. The number of hydrogen-bond acceptors (Lipinski definition) is 5. The van der Waals surface area contributed by atoms with Crippen LogP contribution in [0.5, 0.6) is 0 Å². The molecule has 0 amide bonds. The summed E-state index contributed by atoms with van der Waals surface area (Å²) in [5.74, 6) is 1.96. The molecule has 0 atom stereocenters. The molecule has 1 aromatic rings. The zero-order chi connectivity index (χ0) is 13.7. The minimum absolute atomic E-state index is 0.367. The van der Waals surface area contributed by atoms with E-state index in [1.165, 1.54) is 32.4 Å². The maximum absolute atomic E-state index is 5.71. The predicted molar refractivity (Wildman–Crippen MR) is 79.3 cm³/mol. The van der Waals surface area contributed by atoms with Crippen LogP contribution in [0.4, 0.5) is 0 Å². The minimum atomic E-state index is 0.367. The molecule has 19 heavy (non-hydrogen) atoms. The lowest BCUT2D eigenvalue weighted by Gasteiger charge is -2.26. The Kier molecular flexibility index (Phi) is 5.66. The predicted octanol–water partition coefficient (Wildman–Crippen LogP) is 1.90. The van der Waals surface area contributed by atoms with Crippen molar-refractivity contribution in [2.45, 2.75) is 50.9 Å². The summed E-state index contributed by atoms with van der Waals surface area (Å²) < 4.78 is 2.15. The SMILES string of the molecule is CC(C)n1c(CN)nnc1SCCN1CCCCC1. The number of hydrogen-bond donors (Lipinski definition) is 1. The van der Waals surface area contributed by atoms with Crippen molar-refractivity contribution in [2.75, 3.05) is 25.4 Å². The van der Waals surface area contributed by atoms with E-state index in [-0.39, 0.29) is 0 Å². The summed E-state index contributed by atoms with van der Waals surface area (Å²) >= 11 is 1.80. The Morgan fingerprint density at radius 3 is 2.58 bits per heavy atom. The van der Waals surface area contributed by atoms with Gasteiger partial charge < -0.3 is 15.2 Å². The molecular weight excluding hydrogens is 258 g/mol. The molecule has 0 unspecified atom stereocenters. The second kappa shape index (κ2) is 7.26. The van der Waals surface area contributed by atoms with Crippen LogP contribution in [0.2, 0.25) is 0 Å². The number of nitrogens with two attached hydrogens (primary N) is 1. The molecule has 0 radical (unpaired) electrons. The molecule has 1 aliphatic heterocycles. The Hall–Kier alpha value is -0.590. The molecular formula is C13H25N5S. The summed E-state index contributed by atoms with van der Waals surface area (Å²) in [5.41, 5.74) is 5.71. The highest BCUT2D eigenvalue weighted by Gasteiger charge is 2.15. The van der Waals surface area contributed by atoms with Crippen LogP contribution in [0.1, 0.15) is 45.0 Å². The summed E-state index contributed by atoms with van der Waals surface area (Å²) in [4.78, 5) is 2.55. The standard InChI is InChI=1S/C13H25N5S/c1-11(2)18-12(10-14)15-16-13(18)19-9-8-17-6-4-3-5-7-17/h11H,3-10,14H2,1-2H3. The first-order valence-electron chi connectivity index (χ1n) is 7.21. The fourth-order valence-corrected chi connectivity index (χ4v) is 3.60. The van der Waals surface area contributed by atoms with Gasteiger partial charge >= 0.3 is 0 Å². The first kappa shape index (κ1) is 14.8. The van der Waals surface area contributed by atoms with Crippen LogP contribution in [0.3, 0.4) is 0 Å². The van der Waals surface area contributed by atoms with E-state index in [2.05, 4.69) is 33.5 Å². The molecule has 1 fully saturated rings. The van der Waals surface area contributed by atoms with Gasteiger partial charge in [0.1, 0.15) is 5.82 Å². The molecule has 108 valence electrons. The van der Waals surface area contributed by atoms with Crippen LogP contribution in [0, 0.1) is 0 Å². The van der Waals surface area contributed by atoms with E-state index in [4.69, 9.17) is 5.73 Å². The van der Waals surface area contributed by atoms with Crippen molar-refractivity contribution in [3.63, 3.8) is 0 Å². The van der Waals surface area contributed by atoms with Crippen molar-refractivity contribution in [1.29, 1.82) is 0 Å². The maximum atomic E-state index is 5.71. The third-order valence-electron chi connectivity index (χ3n) is 3.52. The quantitative estimate of drug-likeness (QED) is 0.808. The van der Waals surface area contributed by atoms with Gasteiger partial charge in [0.2, 0.25) is 0 Å². The highest BCUT2D eigenvalue weighted by molar-refractivity contribution is 7.99. The van der Waals surface area contributed by atoms with Crippen LogP contribution in [0.15, 0.2) is 5.16 Å². The molecule has 1 aliphatic rings. The van der Waals surface area contributed by atoms with Crippen molar-refractivity contribution >= 4 is 11.8 Å². The van der Waals surface area contributed by atoms with Gasteiger partial charge in [-0.2, -0.15) is 0 Å². The summed E-state index contributed by atoms with van der Waals surface area (Å²) in [6.45, 7) is 8.41. The fourth-order valence-electron chi connectivity index (χ4n) is 2.51. The van der Waals surface area contributed by atoms with Crippen molar-refractivity contribution < 1.29 is 0 Å². The second-order valence-corrected chi connectivity index (χ2v) is 6.38. The van der Waals surface area contributed by atoms with Crippen LogP contribution in [-0.4, -0.2) is 45.1 Å². The summed E-state index contributed by atoms with van der Waals surface area (Å²) in [6, 6.07) is 0.367. The highest BCUT2D eigenvalue weighted by atomic mass is 32.2. The molecule has 0 bridgehead atoms. The van der Waals surface area contributed by atoms with E-state index in [1.807, 2.05) is 0 Å². The smallest absolute Gasteiger partial charge is 0.191 e. The molecule has 0 saturated carbocycles. The Morgan fingerprint density at radius 2 is 1.95 bits per heavy atom. The zero-order valence-electron chi connectivity index (χ0n) is 12.0. The monoisotopic (exact) mass is 283 g/mol. The first-order valence-corrected chi connectivity index (χ1v) is 8.20. The third kappa shape index (κ3) is 3.94. The van der Waals surface area contributed by atoms with Gasteiger partial charge in [-0.05, 0) is 39.8 Å². The van der Waals surface area contributed by atoms with Gasteiger partial charge in [-0.25, -0.2) is 0 Å². The molecule has 0 aromatic carbocycles. The lowest BCUT2D eigenvalue weighted by molar-refractivity contribution is 0.242. The zero-order valence-corrected chi connectivity index (χ0v) is 12.8. The van der Waals surface area contributed by atoms with Gasteiger partial charge in [0.15, 0.2) is 5.16 Å². The van der Waals surface area contributed by atoms with E-state index < -0.39 is 0 Å². The largest absolute Gasteiger partial charge is 0.324 e. The normalized spacial score (nSPS) is 17.3. The van der Waals surface area contributed by atoms with Crippen LogP contribution in [-0.2, 0) is 6.54 Å². The van der Waals surface area contributed by atoms with E-state index in [9.17, 15) is 0 Å². The molecule has 5 nitrogen and oxygen atoms in total. The minimum Gasteiger partial charge on any atom is -0.324 e. The van der Waals surface area contributed by atoms with E-state index >= 15 is 0 Å².